The smallest absolute Gasteiger partial charge is 0.227 e. The highest BCUT2D eigenvalue weighted by Crippen LogP contribution is 2.15. The molecule has 0 aliphatic carbocycles. The third-order valence-electron chi connectivity index (χ3n) is 3.48. The van der Waals surface area contributed by atoms with E-state index in [-0.39, 0.29) is 5.91 Å². The highest BCUT2D eigenvalue weighted by atomic mass is 16.5. The molecule has 0 atom stereocenters. The Morgan fingerprint density at radius 2 is 2.26 bits per heavy atom. The summed E-state index contributed by atoms with van der Waals surface area (Å²) in [5.41, 5.74) is 1.01. The van der Waals surface area contributed by atoms with Gasteiger partial charge in [0.05, 0.1) is 19.6 Å². The molecular formula is C15H22N2O2. The van der Waals surface area contributed by atoms with E-state index in [1.807, 2.05) is 29.2 Å². The molecule has 0 unspecified atom stereocenters. The molecule has 19 heavy (non-hydrogen) atoms. The first kappa shape index (κ1) is 13.9. The Bertz CT molecular complexity index is 430. The van der Waals surface area contributed by atoms with Crippen LogP contribution in [-0.4, -0.2) is 43.6 Å². The van der Waals surface area contributed by atoms with E-state index in [0.29, 0.717) is 12.5 Å². The molecule has 0 radical (unpaired) electrons. The number of nitrogens with zero attached hydrogens (tertiary/aromatic N) is 1. The van der Waals surface area contributed by atoms with Crippen molar-refractivity contribution in [1.29, 1.82) is 0 Å². The molecule has 0 bridgehead atoms. The van der Waals surface area contributed by atoms with Crippen LogP contribution >= 0.6 is 0 Å². The van der Waals surface area contributed by atoms with E-state index >= 15 is 0 Å². The van der Waals surface area contributed by atoms with E-state index in [4.69, 9.17) is 4.74 Å². The molecule has 1 aromatic carbocycles. The van der Waals surface area contributed by atoms with Crippen molar-refractivity contribution in [3.05, 3.63) is 29.8 Å². The SMILES string of the molecule is CCCN(C(=O)Cc1cccc(OC)c1)C1CNC1. The molecule has 0 aromatic heterocycles. The molecule has 1 saturated heterocycles. The Hall–Kier alpha value is -1.55. The van der Waals surface area contributed by atoms with Crippen molar-refractivity contribution in [2.45, 2.75) is 25.8 Å². The van der Waals surface area contributed by atoms with E-state index in [2.05, 4.69) is 12.2 Å². The van der Waals surface area contributed by atoms with Crippen LogP contribution in [0, 0.1) is 0 Å². The number of hydrogen-bond donors (Lipinski definition) is 1. The lowest BCUT2D eigenvalue weighted by Crippen LogP contribution is -2.59. The molecule has 4 nitrogen and oxygen atoms in total. The van der Waals surface area contributed by atoms with Crippen LogP contribution in [-0.2, 0) is 11.2 Å². The minimum absolute atomic E-state index is 0.210. The molecule has 2 rings (SSSR count). The number of benzene rings is 1. The number of rotatable bonds is 6. The van der Waals surface area contributed by atoms with E-state index < -0.39 is 0 Å². The first-order valence-electron chi connectivity index (χ1n) is 6.87. The Morgan fingerprint density at radius 1 is 1.47 bits per heavy atom. The van der Waals surface area contributed by atoms with E-state index in [1.54, 1.807) is 7.11 Å². The summed E-state index contributed by atoms with van der Waals surface area (Å²) in [5, 5.41) is 3.22. The van der Waals surface area contributed by atoms with Crippen LogP contribution in [0.5, 0.6) is 5.75 Å². The van der Waals surface area contributed by atoms with Crippen molar-refractivity contribution in [2.24, 2.45) is 0 Å². The predicted molar refractivity (Wildman–Crippen MR) is 75.4 cm³/mol. The first-order chi connectivity index (χ1) is 9.24. The Morgan fingerprint density at radius 3 is 2.84 bits per heavy atom. The van der Waals surface area contributed by atoms with Gasteiger partial charge >= 0.3 is 0 Å². The van der Waals surface area contributed by atoms with Gasteiger partial charge in [0.2, 0.25) is 5.91 Å². The largest absolute Gasteiger partial charge is 0.497 e. The van der Waals surface area contributed by atoms with Crippen LogP contribution in [0.1, 0.15) is 18.9 Å². The Balaban J connectivity index is 2.00. The van der Waals surface area contributed by atoms with Crippen molar-refractivity contribution in [3.8, 4) is 5.75 Å². The minimum Gasteiger partial charge on any atom is -0.497 e. The highest BCUT2D eigenvalue weighted by molar-refractivity contribution is 5.79. The number of carbonyl (C=O) groups is 1. The van der Waals surface area contributed by atoms with Crippen molar-refractivity contribution >= 4 is 5.91 Å². The standard InChI is InChI=1S/C15H22N2O2/c1-3-7-17(13-10-16-11-13)15(18)9-12-5-4-6-14(8-12)19-2/h4-6,8,13,16H,3,7,9-11H2,1-2H3. The molecule has 1 N–H and O–H groups in total. The molecule has 1 heterocycles. The minimum atomic E-state index is 0.210. The van der Waals surface area contributed by atoms with Crippen molar-refractivity contribution < 1.29 is 9.53 Å². The number of ether oxygens (including phenoxy) is 1. The van der Waals surface area contributed by atoms with Crippen molar-refractivity contribution in [1.82, 2.24) is 10.2 Å². The molecule has 1 aromatic rings. The third-order valence-corrected chi connectivity index (χ3v) is 3.48. The van der Waals surface area contributed by atoms with Crippen LogP contribution in [0.3, 0.4) is 0 Å². The third kappa shape index (κ3) is 3.47. The van der Waals surface area contributed by atoms with Gasteiger partial charge < -0.3 is 15.0 Å². The van der Waals surface area contributed by atoms with Gasteiger partial charge in [0.1, 0.15) is 5.75 Å². The summed E-state index contributed by atoms with van der Waals surface area (Å²) < 4.78 is 5.19. The zero-order valence-electron chi connectivity index (χ0n) is 11.7. The molecule has 4 heteroatoms. The second kappa shape index (κ2) is 6.57. The Labute approximate surface area is 114 Å². The molecule has 0 spiro atoms. The maximum absolute atomic E-state index is 12.4. The van der Waals surface area contributed by atoms with Gasteiger partial charge in [-0.05, 0) is 24.1 Å². The molecule has 1 aliphatic rings. The fourth-order valence-electron chi connectivity index (χ4n) is 2.30. The fourth-order valence-corrected chi connectivity index (χ4v) is 2.30. The molecule has 1 amide bonds. The number of methoxy groups -OCH3 is 1. The van der Waals surface area contributed by atoms with Crippen LogP contribution in [0.25, 0.3) is 0 Å². The van der Waals surface area contributed by atoms with Gasteiger partial charge in [0.25, 0.3) is 0 Å². The van der Waals surface area contributed by atoms with Crippen LogP contribution in [0.15, 0.2) is 24.3 Å². The maximum atomic E-state index is 12.4. The summed E-state index contributed by atoms with van der Waals surface area (Å²) in [5.74, 6) is 1.01. The lowest BCUT2D eigenvalue weighted by Gasteiger charge is -2.38. The summed E-state index contributed by atoms with van der Waals surface area (Å²) >= 11 is 0. The Kier molecular flexibility index (Phi) is 4.80. The summed E-state index contributed by atoms with van der Waals surface area (Å²) in [7, 11) is 1.64. The van der Waals surface area contributed by atoms with Crippen molar-refractivity contribution in [3.63, 3.8) is 0 Å². The lowest BCUT2D eigenvalue weighted by atomic mass is 10.1. The normalized spacial score (nSPS) is 14.8. The molecular weight excluding hydrogens is 240 g/mol. The van der Waals surface area contributed by atoms with E-state index in [1.165, 1.54) is 0 Å². The zero-order chi connectivity index (χ0) is 13.7. The van der Waals surface area contributed by atoms with Gasteiger partial charge in [0, 0.05) is 19.6 Å². The summed E-state index contributed by atoms with van der Waals surface area (Å²) in [6.07, 6.45) is 1.45. The topological polar surface area (TPSA) is 41.6 Å². The number of carbonyl (C=O) groups excluding carboxylic acids is 1. The summed E-state index contributed by atoms with van der Waals surface area (Å²) in [4.78, 5) is 14.4. The number of amides is 1. The average Bonchev–Trinajstić information content (AvgIpc) is 2.36. The van der Waals surface area contributed by atoms with Gasteiger partial charge in [-0.25, -0.2) is 0 Å². The molecule has 0 saturated carbocycles. The highest BCUT2D eigenvalue weighted by Gasteiger charge is 2.27. The van der Waals surface area contributed by atoms with Gasteiger partial charge in [-0.2, -0.15) is 0 Å². The van der Waals surface area contributed by atoms with Gasteiger partial charge in [-0.15, -0.1) is 0 Å². The molecule has 1 fully saturated rings. The van der Waals surface area contributed by atoms with Gasteiger partial charge in [-0.3, -0.25) is 4.79 Å². The second-order valence-corrected chi connectivity index (χ2v) is 4.93. The summed E-state index contributed by atoms with van der Waals surface area (Å²) in [6.45, 7) is 4.79. The predicted octanol–water partition coefficient (Wildman–Crippen LogP) is 1.45. The average molecular weight is 262 g/mol. The number of nitrogens with one attached hydrogen (secondary N) is 1. The lowest BCUT2D eigenvalue weighted by molar-refractivity contribution is -0.133. The monoisotopic (exact) mass is 262 g/mol. The molecule has 104 valence electrons. The van der Waals surface area contributed by atoms with E-state index in [9.17, 15) is 4.79 Å². The van der Waals surface area contributed by atoms with Crippen LogP contribution in [0.4, 0.5) is 0 Å². The fraction of sp³-hybridized carbons (Fsp3) is 0.533. The first-order valence-corrected chi connectivity index (χ1v) is 6.87. The second-order valence-electron chi connectivity index (χ2n) is 4.93. The maximum Gasteiger partial charge on any atom is 0.227 e. The number of hydrogen-bond acceptors (Lipinski definition) is 3. The van der Waals surface area contributed by atoms with Gasteiger partial charge in [-0.1, -0.05) is 19.1 Å². The molecule has 1 aliphatic heterocycles. The van der Waals surface area contributed by atoms with Crippen LogP contribution < -0.4 is 10.1 Å². The van der Waals surface area contributed by atoms with Crippen LogP contribution in [0.2, 0.25) is 0 Å². The quantitative estimate of drug-likeness (QED) is 0.843. The van der Waals surface area contributed by atoms with E-state index in [0.717, 1.165) is 37.4 Å². The van der Waals surface area contributed by atoms with Gasteiger partial charge in [0.15, 0.2) is 0 Å². The van der Waals surface area contributed by atoms with Crippen molar-refractivity contribution in [2.75, 3.05) is 26.7 Å². The zero-order valence-corrected chi connectivity index (χ0v) is 11.7. The summed E-state index contributed by atoms with van der Waals surface area (Å²) in [6, 6.07) is 8.10.